The number of thioether (sulfide) groups is 1. The molecule has 2 aliphatic heterocycles. The van der Waals surface area contributed by atoms with Crippen LogP contribution in [0.1, 0.15) is 22.3 Å². The quantitative estimate of drug-likeness (QED) is 0.248. The molecule has 1 aromatic heterocycles. The molecule has 8 nitrogen and oxygen atoms in total. The smallest absolute Gasteiger partial charge is 0.258 e. The number of nitriles is 1. The van der Waals surface area contributed by atoms with Gasteiger partial charge < -0.3 is 20.9 Å². The summed E-state index contributed by atoms with van der Waals surface area (Å²) in [4.78, 5) is 36.9. The van der Waals surface area contributed by atoms with Gasteiger partial charge in [-0.1, -0.05) is 54.2 Å². The van der Waals surface area contributed by atoms with Crippen molar-refractivity contribution >= 4 is 29.2 Å². The monoisotopic (exact) mass is 554 g/mol. The molecule has 198 valence electrons. The minimum Gasteiger partial charge on any atom is -0.384 e. The van der Waals surface area contributed by atoms with Crippen LogP contribution in [0.25, 0.3) is 0 Å². The maximum absolute atomic E-state index is 14.4. The molecule has 0 saturated carbocycles. The van der Waals surface area contributed by atoms with E-state index in [4.69, 9.17) is 5.73 Å². The molecular weight excluding hydrogens is 534 g/mol. The fourth-order valence-corrected chi connectivity index (χ4v) is 6.08. The van der Waals surface area contributed by atoms with Crippen LogP contribution >= 0.6 is 11.8 Å². The van der Waals surface area contributed by atoms with Gasteiger partial charge in [-0.2, -0.15) is 5.26 Å². The van der Waals surface area contributed by atoms with Gasteiger partial charge in [-0.05, 0) is 41.5 Å². The molecule has 40 heavy (non-hydrogen) atoms. The highest BCUT2D eigenvalue weighted by molar-refractivity contribution is 7.98. The van der Waals surface area contributed by atoms with Gasteiger partial charge in [0.15, 0.2) is 5.16 Å². The van der Waals surface area contributed by atoms with Crippen LogP contribution in [0.3, 0.4) is 0 Å². The predicted molar refractivity (Wildman–Crippen MR) is 146 cm³/mol. The highest BCUT2D eigenvalue weighted by Crippen LogP contribution is 2.53. The molecule has 2 aliphatic rings. The number of carbonyl (C=O) groups is 1. The van der Waals surface area contributed by atoms with Gasteiger partial charge in [0.05, 0.1) is 17.7 Å². The van der Waals surface area contributed by atoms with E-state index in [0.29, 0.717) is 22.6 Å². The lowest BCUT2D eigenvalue weighted by atomic mass is 9.69. The number of fused-ring (bicyclic) bond motifs is 4. The largest absolute Gasteiger partial charge is 0.384 e. The standard InChI is InChI=1S/C29H20F2N6O2S/c30-18-10-8-16(9-11-18)15-40-28-35-25-23(26(38)36-28)29(21(13-32)24(33)34-25)20-6-1-2-7-22(20)37(27(29)39)14-17-4-3-5-19(31)12-17/h1-12H,14-15,33H2,(H2,34,35,36,38)/t29-/m1/s1. The van der Waals surface area contributed by atoms with Gasteiger partial charge in [0.2, 0.25) is 5.91 Å². The summed E-state index contributed by atoms with van der Waals surface area (Å²) in [5.74, 6) is -1.03. The Hall–Kier alpha value is -4.95. The lowest BCUT2D eigenvalue weighted by Gasteiger charge is -2.34. The van der Waals surface area contributed by atoms with Crippen molar-refractivity contribution in [2.24, 2.45) is 5.73 Å². The number of nitrogens with two attached hydrogens (primary N) is 1. The van der Waals surface area contributed by atoms with Crippen molar-refractivity contribution in [1.29, 1.82) is 5.26 Å². The summed E-state index contributed by atoms with van der Waals surface area (Å²) in [5.41, 5.74) is 5.87. The molecule has 0 fully saturated rings. The highest BCUT2D eigenvalue weighted by atomic mass is 32.2. The first kappa shape index (κ1) is 25.3. The van der Waals surface area contributed by atoms with E-state index in [1.165, 1.54) is 40.9 Å². The second-order valence-corrected chi connectivity index (χ2v) is 10.3. The van der Waals surface area contributed by atoms with Crippen molar-refractivity contribution in [1.82, 2.24) is 9.97 Å². The number of aromatic amines is 1. The number of hydrogen-bond donors (Lipinski definition) is 3. The van der Waals surface area contributed by atoms with Gasteiger partial charge in [-0.15, -0.1) is 0 Å². The Bertz CT molecular complexity index is 1810. The Labute approximate surface area is 231 Å². The summed E-state index contributed by atoms with van der Waals surface area (Å²) >= 11 is 1.21. The summed E-state index contributed by atoms with van der Waals surface area (Å²) in [6, 6.07) is 20.7. The molecule has 1 spiro atoms. The Morgan fingerprint density at radius 2 is 1.77 bits per heavy atom. The Morgan fingerprint density at radius 3 is 2.52 bits per heavy atom. The molecule has 3 heterocycles. The minimum atomic E-state index is -1.86. The Balaban J connectivity index is 1.48. The molecule has 0 bridgehead atoms. The molecule has 0 radical (unpaired) electrons. The van der Waals surface area contributed by atoms with Crippen LogP contribution in [0.4, 0.5) is 20.3 Å². The van der Waals surface area contributed by atoms with Crippen molar-refractivity contribution in [2.75, 3.05) is 10.2 Å². The van der Waals surface area contributed by atoms with E-state index in [-0.39, 0.29) is 40.3 Å². The molecule has 4 aromatic rings. The van der Waals surface area contributed by atoms with Crippen LogP contribution in [0.15, 0.2) is 94.1 Å². The van der Waals surface area contributed by atoms with E-state index < -0.39 is 22.7 Å². The van der Waals surface area contributed by atoms with E-state index in [1.807, 2.05) is 0 Å². The van der Waals surface area contributed by atoms with Crippen LogP contribution in [-0.4, -0.2) is 15.9 Å². The number of anilines is 2. The number of H-pyrrole nitrogens is 1. The summed E-state index contributed by atoms with van der Waals surface area (Å²) < 4.78 is 27.3. The van der Waals surface area contributed by atoms with Crippen molar-refractivity contribution < 1.29 is 13.6 Å². The van der Waals surface area contributed by atoms with E-state index in [0.717, 1.165) is 5.56 Å². The molecule has 11 heteroatoms. The first-order chi connectivity index (χ1) is 19.3. The molecule has 4 N–H and O–H groups in total. The zero-order chi connectivity index (χ0) is 28.0. The number of hydrogen-bond acceptors (Lipinski definition) is 7. The van der Waals surface area contributed by atoms with Crippen LogP contribution in [0.5, 0.6) is 0 Å². The summed E-state index contributed by atoms with van der Waals surface area (Å²) in [5, 5.41) is 13.3. The predicted octanol–water partition coefficient (Wildman–Crippen LogP) is 4.29. The lowest BCUT2D eigenvalue weighted by molar-refractivity contribution is -0.120. The summed E-state index contributed by atoms with van der Waals surface area (Å²) in [6.45, 7) is 0.00761. The second kappa shape index (κ2) is 9.66. The molecule has 3 aromatic carbocycles. The van der Waals surface area contributed by atoms with E-state index in [2.05, 4.69) is 21.4 Å². The SMILES string of the molecule is N#CC1=C(N)Nc2nc(SCc3ccc(F)cc3)[nH]c(=O)c2[C@]12C(=O)N(Cc1cccc(F)c1)c1ccccc12. The number of amides is 1. The van der Waals surface area contributed by atoms with Crippen molar-refractivity contribution in [2.45, 2.75) is 22.9 Å². The molecule has 0 unspecified atom stereocenters. The first-order valence-corrected chi connectivity index (χ1v) is 13.2. The average Bonchev–Trinajstić information content (AvgIpc) is 3.16. The van der Waals surface area contributed by atoms with Crippen molar-refractivity contribution in [3.63, 3.8) is 0 Å². The number of benzene rings is 3. The van der Waals surface area contributed by atoms with E-state index >= 15 is 0 Å². The van der Waals surface area contributed by atoms with E-state index in [1.54, 1.807) is 48.5 Å². The number of para-hydroxylation sites is 1. The molecule has 1 atom stereocenters. The maximum Gasteiger partial charge on any atom is 0.258 e. The topological polar surface area (TPSA) is 128 Å². The normalized spacial score (nSPS) is 17.4. The third-order valence-electron chi connectivity index (χ3n) is 6.97. The van der Waals surface area contributed by atoms with Gasteiger partial charge in [-0.25, -0.2) is 13.8 Å². The number of rotatable bonds is 5. The van der Waals surface area contributed by atoms with Gasteiger partial charge in [-0.3, -0.25) is 9.59 Å². The molecule has 1 amide bonds. The van der Waals surface area contributed by atoms with Crippen LogP contribution < -0.4 is 21.5 Å². The highest BCUT2D eigenvalue weighted by Gasteiger charge is 2.60. The molecule has 6 rings (SSSR count). The zero-order valence-corrected chi connectivity index (χ0v) is 21.6. The zero-order valence-electron chi connectivity index (χ0n) is 20.7. The molecule has 0 saturated heterocycles. The first-order valence-electron chi connectivity index (χ1n) is 12.2. The summed E-state index contributed by atoms with van der Waals surface area (Å²) in [6.07, 6.45) is 0. The molecular formula is C29H20F2N6O2S. The van der Waals surface area contributed by atoms with Crippen LogP contribution in [-0.2, 0) is 22.5 Å². The van der Waals surface area contributed by atoms with Crippen molar-refractivity contribution in [3.8, 4) is 6.07 Å². The Morgan fingerprint density at radius 1 is 1.00 bits per heavy atom. The lowest BCUT2D eigenvalue weighted by Crippen LogP contribution is -2.49. The van der Waals surface area contributed by atoms with Crippen LogP contribution in [0, 0.1) is 23.0 Å². The van der Waals surface area contributed by atoms with Gasteiger partial charge in [0.25, 0.3) is 5.56 Å². The number of halogens is 2. The second-order valence-electron chi connectivity index (χ2n) is 9.32. The fourth-order valence-electron chi connectivity index (χ4n) is 5.26. The molecule has 0 aliphatic carbocycles. The average molecular weight is 555 g/mol. The third-order valence-corrected chi connectivity index (χ3v) is 7.91. The van der Waals surface area contributed by atoms with Gasteiger partial charge in [0.1, 0.15) is 34.8 Å². The van der Waals surface area contributed by atoms with Crippen LogP contribution in [0.2, 0.25) is 0 Å². The Kier molecular flexibility index (Phi) is 6.12. The number of aromatic nitrogens is 2. The van der Waals surface area contributed by atoms with Gasteiger partial charge >= 0.3 is 0 Å². The fraction of sp³-hybridized carbons (Fsp3) is 0.103. The number of nitrogens with one attached hydrogen (secondary N) is 2. The summed E-state index contributed by atoms with van der Waals surface area (Å²) in [7, 11) is 0. The van der Waals surface area contributed by atoms with E-state index in [9.17, 15) is 23.6 Å². The third kappa shape index (κ3) is 3.92. The number of nitrogens with zero attached hydrogens (tertiary/aromatic N) is 3. The number of carbonyl (C=O) groups excluding carboxylic acids is 1. The van der Waals surface area contributed by atoms with Gasteiger partial charge in [0, 0.05) is 17.0 Å². The maximum atomic E-state index is 14.4. The van der Waals surface area contributed by atoms with Crippen molar-refractivity contribution in [3.05, 3.63) is 128 Å². The minimum absolute atomic E-state index is 0.00761.